The van der Waals surface area contributed by atoms with Crippen molar-refractivity contribution in [2.45, 2.75) is 64.0 Å². The van der Waals surface area contributed by atoms with E-state index in [1.165, 1.54) is 25.7 Å². The fourth-order valence-corrected chi connectivity index (χ4v) is 4.49. The van der Waals surface area contributed by atoms with Crippen molar-refractivity contribution in [2.75, 3.05) is 26.2 Å². The molecule has 0 N–H and O–H groups in total. The number of amides is 1. The maximum atomic E-state index is 12.5. The predicted octanol–water partition coefficient (Wildman–Crippen LogP) is 3.07. The van der Waals surface area contributed by atoms with Crippen molar-refractivity contribution >= 4 is 5.91 Å². The highest BCUT2D eigenvalue weighted by atomic mass is 16.3. The fraction of sp³-hybridized carbons (Fsp3) is 0.700. The van der Waals surface area contributed by atoms with Crippen LogP contribution in [0.5, 0.6) is 0 Å². The highest BCUT2D eigenvalue weighted by Gasteiger charge is 2.32. The Hall–Kier alpha value is -2.22. The van der Waals surface area contributed by atoms with E-state index >= 15 is 0 Å². The Morgan fingerprint density at radius 2 is 2.04 bits per heavy atom. The van der Waals surface area contributed by atoms with Gasteiger partial charge >= 0.3 is 0 Å². The maximum absolute atomic E-state index is 12.5. The van der Waals surface area contributed by atoms with Crippen molar-refractivity contribution in [3.05, 3.63) is 30.0 Å². The highest BCUT2D eigenvalue weighted by molar-refractivity contribution is 5.91. The lowest BCUT2D eigenvalue weighted by Crippen LogP contribution is -2.50. The topological polar surface area (TPSA) is 80.3 Å². The third-order valence-corrected chi connectivity index (χ3v) is 6.09. The van der Waals surface area contributed by atoms with E-state index in [9.17, 15) is 4.79 Å². The van der Waals surface area contributed by atoms with Crippen molar-refractivity contribution in [3.8, 4) is 0 Å². The second-order valence-corrected chi connectivity index (χ2v) is 7.88. The maximum Gasteiger partial charge on any atom is 0.289 e. The van der Waals surface area contributed by atoms with Gasteiger partial charge in [0.2, 0.25) is 0 Å². The molecule has 28 heavy (non-hydrogen) atoms. The summed E-state index contributed by atoms with van der Waals surface area (Å²) in [7, 11) is 0. The average Bonchev–Trinajstić information content (AvgIpc) is 3.50. The van der Waals surface area contributed by atoms with E-state index < -0.39 is 0 Å². The van der Waals surface area contributed by atoms with E-state index in [1.54, 1.807) is 18.4 Å². The van der Waals surface area contributed by atoms with Gasteiger partial charge in [-0.1, -0.05) is 32.6 Å². The molecule has 1 saturated carbocycles. The SMILES string of the molecule is CCCC[C@H](c1nnnn1C1CCCC1)N1CCN(C(=O)c2ccco2)CC1. The smallest absolute Gasteiger partial charge is 0.289 e. The van der Waals surface area contributed by atoms with Crippen LogP contribution < -0.4 is 0 Å². The normalized spacial score (nSPS) is 20.0. The number of carbonyl (C=O) groups is 1. The number of piperazine rings is 1. The number of aromatic nitrogens is 4. The van der Waals surface area contributed by atoms with Gasteiger partial charge in [0.05, 0.1) is 18.3 Å². The molecule has 2 aromatic heterocycles. The zero-order valence-electron chi connectivity index (χ0n) is 16.7. The van der Waals surface area contributed by atoms with Crippen LogP contribution in [0.25, 0.3) is 0 Å². The Bertz CT molecular complexity index is 745. The van der Waals surface area contributed by atoms with E-state index in [0.29, 0.717) is 24.9 Å². The first-order chi connectivity index (χ1) is 13.8. The summed E-state index contributed by atoms with van der Waals surface area (Å²) in [5, 5.41) is 12.8. The minimum absolute atomic E-state index is 0.0226. The number of furan rings is 1. The molecule has 0 spiro atoms. The van der Waals surface area contributed by atoms with Crippen molar-refractivity contribution in [2.24, 2.45) is 0 Å². The first-order valence-electron chi connectivity index (χ1n) is 10.6. The zero-order valence-corrected chi connectivity index (χ0v) is 16.7. The summed E-state index contributed by atoms with van der Waals surface area (Å²) in [6, 6.07) is 4.15. The van der Waals surface area contributed by atoms with Crippen LogP contribution in [0.1, 0.15) is 80.3 Å². The molecule has 0 radical (unpaired) electrons. The Morgan fingerprint density at radius 1 is 1.25 bits per heavy atom. The second kappa shape index (κ2) is 8.86. The average molecular weight is 387 g/mol. The minimum Gasteiger partial charge on any atom is -0.459 e. The molecule has 1 saturated heterocycles. The molecule has 1 amide bonds. The molecular weight excluding hydrogens is 356 g/mol. The Kier molecular flexibility index (Phi) is 6.04. The Labute approximate surface area is 165 Å². The lowest BCUT2D eigenvalue weighted by molar-refractivity contribution is 0.0511. The third kappa shape index (κ3) is 3.97. The van der Waals surface area contributed by atoms with Gasteiger partial charge in [-0.3, -0.25) is 9.69 Å². The molecule has 0 unspecified atom stereocenters. The van der Waals surface area contributed by atoms with Gasteiger partial charge in [0.1, 0.15) is 0 Å². The van der Waals surface area contributed by atoms with Crippen LogP contribution in [0.3, 0.4) is 0 Å². The van der Waals surface area contributed by atoms with Crippen LogP contribution in [0.2, 0.25) is 0 Å². The molecule has 8 nitrogen and oxygen atoms in total. The number of rotatable bonds is 7. The van der Waals surface area contributed by atoms with E-state index in [2.05, 4.69) is 32.0 Å². The van der Waals surface area contributed by atoms with Gasteiger partial charge in [-0.15, -0.1) is 5.10 Å². The summed E-state index contributed by atoms with van der Waals surface area (Å²) in [4.78, 5) is 16.9. The molecule has 2 fully saturated rings. The van der Waals surface area contributed by atoms with Crippen LogP contribution in [0.4, 0.5) is 0 Å². The van der Waals surface area contributed by atoms with Gasteiger partial charge < -0.3 is 9.32 Å². The lowest BCUT2D eigenvalue weighted by atomic mass is 10.1. The first-order valence-corrected chi connectivity index (χ1v) is 10.6. The van der Waals surface area contributed by atoms with E-state index in [-0.39, 0.29) is 11.9 Å². The van der Waals surface area contributed by atoms with Gasteiger partial charge in [-0.2, -0.15) is 0 Å². The number of hydrogen-bond donors (Lipinski definition) is 0. The zero-order chi connectivity index (χ0) is 19.3. The molecule has 8 heteroatoms. The van der Waals surface area contributed by atoms with Crippen LogP contribution in [0, 0.1) is 0 Å². The van der Waals surface area contributed by atoms with Gasteiger partial charge in [-0.05, 0) is 41.8 Å². The van der Waals surface area contributed by atoms with E-state index in [0.717, 1.165) is 38.2 Å². The summed E-state index contributed by atoms with van der Waals surface area (Å²) in [5.74, 6) is 1.40. The molecule has 0 bridgehead atoms. The monoisotopic (exact) mass is 386 g/mol. The molecular formula is C20H30N6O2. The number of unbranched alkanes of at least 4 members (excludes halogenated alkanes) is 1. The highest BCUT2D eigenvalue weighted by Crippen LogP contribution is 2.33. The van der Waals surface area contributed by atoms with Gasteiger partial charge in [0, 0.05) is 26.2 Å². The van der Waals surface area contributed by atoms with Crippen molar-refractivity contribution in [1.82, 2.24) is 30.0 Å². The van der Waals surface area contributed by atoms with Crippen molar-refractivity contribution in [1.29, 1.82) is 0 Å². The first kappa shape index (κ1) is 19.1. The molecule has 1 aliphatic heterocycles. The molecule has 3 heterocycles. The largest absolute Gasteiger partial charge is 0.459 e. The van der Waals surface area contributed by atoms with Crippen molar-refractivity contribution in [3.63, 3.8) is 0 Å². The Morgan fingerprint density at radius 3 is 2.71 bits per heavy atom. The fourth-order valence-electron chi connectivity index (χ4n) is 4.49. The Balaban J connectivity index is 1.45. The standard InChI is InChI=1S/C20H30N6O2/c1-2-3-9-17(19-21-22-23-26(19)16-7-4-5-8-16)24-11-13-25(14-12-24)20(27)18-10-6-15-28-18/h6,10,15-17H,2-5,7-9,11-14H2,1H3/t17-/m1/s1. The summed E-state index contributed by atoms with van der Waals surface area (Å²) in [6.45, 7) is 5.29. The van der Waals surface area contributed by atoms with Crippen LogP contribution in [-0.2, 0) is 0 Å². The number of hydrogen-bond acceptors (Lipinski definition) is 6. The molecule has 152 valence electrons. The molecule has 1 aliphatic carbocycles. The number of tetrazole rings is 1. The summed E-state index contributed by atoms with van der Waals surface area (Å²) >= 11 is 0. The van der Waals surface area contributed by atoms with Gasteiger partial charge in [-0.25, -0.2) is 4.68 Å². The van der Waals surface area contributed by atoms with Crippen LogP contribution in [-0.4, -0.2) is 62.1 Å². The molecule has 4 rings (SSSR count). The summed E-state index contributed by atoms with van der Waals surface area (Å²) in [5.41, 5.74) is 0. The summed E-state index contributed by atoms with van der Waals surface area (Å²) < 4.78 is 7.36. The molecule has 2 aromatic rings. The van der Waals surface area contributed by atoms with Crippen molar-refractivity contribution < 1.29 is 9.21 Å². The van der Waals surface area contributed by atoms with Crippen LogP contribution >= 0.6 is 0 Å². The quantitative estimate of drug-likeness (QED) is 0.727. The minimum atomic E-state index is -0.0226. The summed E-state index contributed by atoms with van der Waals surface area (Å²) in [6.07, 6.45) is 9.76. The van der Waals surface area contributed by atoms with E-state index in [1.807, 2.05) is 4.90 Å². The van der Waals surface area contributed by atoms with Gasteiger partial charge in [0.25, 0.3) is 5.91 Å². The third-order valence-electron chi connectivity index (χ3n) is 6.09. The second-order valence-electron chi connectivity index (χ2n) is 7.88. The van der Waals surface area contributed by atoms with Gasteiger partial charge in [0.15, 0.2) is 11.6 Å². The number of nitrogens with zero attached hydrogens (tertiary/aromatic N) is 6. The molecule has 0 aromatic carbocycles. The molecule has 1 atom stereocenters. The predicted molar refractivity (Wildman–Crippen MR) is 104 cm³/mol. The van der Waals surface area contributed by atoms with E-state index in [4.69, 9.17) is 4.42 Å². The lowest BCUT2D eigenvalue weighted by Gasteiger charge is -2.38. The van der Waals surface area contributed by atoms with Crippen LogP contribution in [0.15, 0.2) is 22.8 Å². The molecule has 2 aliphatic rings. The number of carbonyl (C=O) groups excluding carboxylic acids is 1.